The molecule has 6 atom stereocenters. The van der Waals surface area contributed by atoms with Crippen LogP contribution < -0.4 is 4.74 Å². The van der Waals surface area contributed by atoms with Gasteiger partial charge in [-0.1, -0.05) is 95.6 Å². The van der Waals surface area contributed by atoms with Crippen molar-refractivity contribution in [2.75, 3.05) is 0 Å². The number of allylic oxidation sites excluding steroid dienone is 2. The van der Waals surface area contributed by atoms with Gasteiger partial charge in [0, 0.05) is 18.8 Å². The lowest BCUT2D eigenvalue weighted by atomic mass is 9.52. The van der Waals surface area contributed by atoms with Gasteiger partial charge in [-0.25, -0.2) is 4.79 Å². The van der Waals surface area contributed by atoms with Gasteiger partial charge >= 0.3 is 11.9 Å². The third-order valence-corrected chi connectivity index (χ3v) is 11.8. The van der Waals surface area contributed by atoms with Crippen molar-refractivity contribution < 1.29 is 23.9 Å². The zero-order valence-electron chi connectivity index (χ0n) is 29.7. The summed E-state index contributed by atoms with van der Waals surface area (Å²) in [5.41, 5.74) is 3.21. The van der Waals surface area contributed by atoms with Crippen LogP contribution >= 0.6 is 0 Å². The molecule has 2 aromatic rings. The highest BCUT2D eigenvalue weighted by molar-refractivity contribution is 5.91. The second-order valence-corrected chi connectivity index (χ2v) is 15.1. The fraction of sp³-hybridized carbons (Fsp3) is 0.605. The van der Waals surface area contributed by atoms with Gasteiger partial charge < -0.3 is 9.47 Å². The normalized spacial score (nSPS) is 26.0. The molecule has 0 unspecified atom stereocenters. The Hall–Kier alpha value is -3.21. The van der Waals surface area contributed by atoms with Gasteiger partial charge in [-0.05, 0) is 117 Å². The number of ketones is 1. The van der Waals surface area contributed by atoms with Crippen molar-refractivity contribution in [3.05, 3.63) is 77.4 Å². The molecular formula is C43H58O5. The van der Waals surface area contributed by atoms with E-state index >= 15 is 0 Å². The molecule has 260 valence electrons. The first kappa shape index (κ1) is 36.1. The molecule has 0 heterocycles. The third-order valence-electron chi connectivity index (χ3n) is 11.8. The van der Waals surface area contributed by atoms with Crippen LogP contribution in [0, 0.1) is 23.2 Å². The van der Waals surface area contributed by atoms with Crippen LogP contribution in [0.3, 0.4) is 0 Å². The van der Waals surface area contributed by atoms with Gasteiger partial charge in [0.2, 0.25) is 0 Å². The zero-order valence-corrected chi connectivity index (χ0v) is 29.7. The van der Waals surface area contributed by atoms with Crippen LogP contribution in [0.2, 0.25) is 0 Å². The summed E-state index contributed by atoms with van der Waals surface area (Å²) in [7, 11) is 0. The highest BCUT2D eigenvalue weighted by Gasteiger charge is 2.58. The summed E-state index contributed by atoms with van der Waals surface area (Å²) in [6.07, 6.45) is 22.9. The molecule has 2 fully saturated rings. The molecular weight excluding hydrogens is 596 g/mol. The summed E-state index contributed by atoms with van der Waals surface area (Å²) in [5.74, 6) is 2.20. The maximum atomic E-state index is 12.8. The van der Waals surface area contributed by atoms with E-state index in [1.165, 1.54) is 63.0 Å². The van der Waals surface area contributed by atoms with Crippen molar-refractivity contribution in [1.29, 1.82) is 0 Å². The standard InChI is InChI=1S/C43H58O5/c1-4-5-6-7-8-9-10-11-15-21-35(45)22-17-16-20-33-29-34-30-36(48-42(46)32-18-13-12-14-19-32)23-24-37(34)38-27-28-43(3)39(41(33)38)25-26-40(43)47-31(2)44/h12-14,17-19,22-24,30,33,38-41H,4-11,15-16,20-21,25-29H2,1-3H3/t33-,38-,39+,40+,41-,43+/m1/s1. The van der Waals surface area contributed by atoms with E-state index < -0.39 is 0 Å². The fourth-order valence-electron chi connectivity index (χ4n) is 9.42. The first-order valence-corrected chi connectivity index (χ1v) is 19.1. The van der Waals surface area contributed by atoms with Crippen LogP contribution in [0.15, 0.2) is 60.7 Å². The molecule has 2 aromatic carbocycles. The minimum absolute atomic E-state index is 0.00490. The Kier molecular flexibility index (Phi) is 13.1. The van der Waals surface area contributed by atoms with E-state index in [9.17, 15) is 14.4 Å². The number of fused-ring (bicyclic) bond motifs is 5. The number of esters is 2. The predicted molar refractivity (Wildman–Crippen MR) is 192 cm³/mol. The molecule has 0 amide bonds. The summed E-state index contributed by atoms with van der Waals surface area (Å²) in [5, 5.41) is 0. The van der Waals surface area contributed by atoms with Crippen LogP contribution in [0.1, 0.15) is 151 Å². The van der Waals surface area contributed by atoms with Gasteiger partial charge in [-0.2, -0.15) is 0 Å². The Labute approximate surface area is 289 Å². The molecule has 0 aliphatic heterocycles. The second-order valence-electron chi connectivity index (χ2n) is 15.1. The van der Waals surface area contributed by atoms with Crippen molar-refractivity contribution in [1.82, 2.24) is 0 Å². The summed E-state index contributed by atoms with van der Waals surface area (Å²) >= 11 is 0. The van der Waals surface area contributed by atoms with Crippen LogP contribution in [0.25, 0.3) is 0 Å². The molecule has 0 spiro atoms. The Morgan fingerprint density at radius 3 is 2.35 bits per heavy atom. The minimum Gasteiger partial charge on any atom is -0.462 e. The number of rotatable bonds is 17. The van der Waals surface area contributed by atoms with Crippen molar-refractivity contribution >= 4 is 17.7 Å². The van der Waals surface area contributed by atoms with E-state index in [-0.39, 0.29) is 29.2 Å². The molecule has 3 aliphatic rings. The summed E-state index contributed by atoms with van der Waals surface area (Å²) in [6.45, 7) is 6.15. The molecule has 48 heavy (non-hydrogen) atoms. The lowest BCUT2D eigenvalue weighted by molar-refractivity contribution is -0.155. The third kappa shape index (κ3) is 9.07. The number of carbonyl (C=O) groups excluding carboxylic acids is 3. The van der Waals surface area contributed by atoms with E-state index in [2.05, 4.69) is 32.1 Å². The lowest BCUT2D eigenvalue weighted by Crippen LogP contribution is -2.48. The molecule has 5 heteroatoms. The summed E-state index contributed by atoms with van der Waals surface area (Å²) < 4.78 is 11.8. The second kappa shape index (κ2) is 17.4. The highest BCUT2D eigenvalue weighted by atomic mass is 16.5. The summed E-state index contributed by atoms with van der Waals surface area (Å²) in [6, 6.07) is 15.4. The number of benzene rings is 2. The molecule has 0 radical (unpaired) electrons. The Bertz CT molecular complexity index is 1400. The smallest absolute Gasteiger partial charge is 0.343 e. The molecule has 0 N–H and O–H groups in total. The largest absolute Gasteiger partial charge is 0.462 e. The summed E-state index contributed by atoms with van der Waals surface area (Å²) in [4.78, 5) is 37.5. The van der Waals surface area contributed by atoms with E-state index in [1.807, 2.05) is 30.3 Å². The van der Waals surface area contributed by atoms with E-state index in [0.717, 1.165) is 57.8 Å². The topological polar surface area (TPSA) is 69.7 Å². The Balaban J connectivity index is 1.22. The number of unbranched alkanes of at least 4 members (excludes halogenated alkanes) is 8. The van der Waals surface area contributed by atoms with Gasteiger partial charge in [-0.3, -0.25) is 9.59 Å². The molecule has 3 aliphatic carbocycles. The van der Waals surface area contributed by atoms with Gasteiger partial charge in [0.05, 0.1) is 5.56 Å². The monoisotopic (exact) mass is 654 g/mol. The molecule has 0 bridgehead atoms. The van der Waals surface area contributed by atoms with Crippen molar-refractivity contribution in [3.8, 4) is 5.75 Å². The SMILES string of the molecule is CCCCCCCCCCCC(=O)C=CCC[C@@H]1Cc2cc(OC(=O)c3ccccc3)ccc2[C@H]2CC[C@]3(C)[C@@H](OC(C)=O)CC[C@H]3[C@H]12. The average Bonchev–Trinajstić information content (AvgIpc) is 3.41. The van der Waals surface area contributed by atoms with Crippen LogP contribution in [0.5, 0.6) is 5.75 Å². The number of hydrogen-bond acceptors (Lipinski definition) is 5. The van der Waals surface area contributed by atoms with Crippen LogP contribution in [-0.4, -0.2) is 23.8 Å². The average molecular weight is 655 g/mol. The fourth-order valence-corrected chi connectivity index (χ4v) is 9.42. The maximum Gasteiger partial charge on any atom is 0.343 e. The Morgan fingerprint density at radius 2 is 1.62 bits per heavy atom. The maximum absolute atomic E-state index is 12.8. The van der Waals surface area contributed by atoms with E-state index in [0.29, 0.717) is 41.4 Å². The number of hydrogen-bond donors (Lipinski definition) is 0. The van der Waals surface area contributed by atoms with Crippen molar-refractivity contribution in [2.45, 2.75) is 142 Å². The van der Waals surface area contributed by atoms with Crippen molar-refractivity contribution in [3.63, 3.8) is 0 Å². The van der Waals surface area contributed by atoms with Gasteiger partial charge in [-0.15, -0.1) is 0 Å². The number of carbonyl (C=O) groups is 3. The quantitative estimate of drug-likeness (QED) is 0.0735. The zero-order chi connectivity index (χ0) is 33.9. The van der Waals surface area contributed by atoms with Crippen LogP contribution in [0.4, 0.5) is 0 Å². The van der Waals surface area contributed by atoms with Gasteiger partial charge in [0.1, 0.15) is 11.9 Å². The minimum atomic E-state index is -0.339. The first-order chi connectivity index (χ1) is 23.3. The lowest BCUT2D eigenvalue weighted by Gasteiger charge is -2.53. The van der Waals surface area contributed by atoms with Gasteiger partial charge in [0.15, 0.2) is 5.78 Å². The van der Waals surface area contributed by atoms with Crippen LogP contribution in [-0.2, 0) is 20.7 Å². The molecule has 0 saturated heterocycles. The number of ether oxygens (including phenoxy) is 2. The Morgan fingerprint density at radius 1 is 0.896 bits per heavy atom. The molecule has 5 nitrogen and oxygen atoms in total. The highest BCUT2D eigenvalue weighted by Crippen LogP contribution is 2.63. The van der Waals surface area contributed by atoms with E-state index in [4.69, 9.17) is 9.47 Å². The predicted octanol–water partition coefficient (Wildman–Crippen LogP) is 10.7. The molecule has 2 saturated carbocycles. The molecule has 0 aromatic heterocycles. The first-order valence-electron chi connectivity index (χ1n) is 19.1. The van der Waals surface area contributed by atoms with E-state index in [1.54, 1.807) is 12.1 Å². The van der Waals surface area contributed by atoms with Crippen molar-refractivity contribution in [2.24, 2.45) is 23.2 Å². The van der Waals surface area contributed by atoms with Gasteiger partial charge in [0.25, 0.3) is 0 Å². The molecule has 5 rings (SSSR count).